The van der Waals surface area contributed by atoms with Gasteiger partial charge in [0, 0.05) is 10.8 Å². The van der Waals surface area contributed by atoms with Gasteiger partial charge >= 0.3 is 0 Å². The van der Waals surface area contributed by atoms with E-state index in [0.29, 0.717) is 21.8 Å². The molecule has 0 aliphatic heterocycles. The van der Waals surface area contributed by atoms with Crippen molar-refractivity contribution in [1.29, 1.82) is 0 Å². The highest BCUT2D eigenvalue weighted by Crippen LogP contribution is 2.35. The van der Waals surface area contributed by atoms with Crippen molar-refractivity contribution in [3.8, 4) is 5.75 Å². The summed E-state index contributed by atoms with van der Waals surface area (Å²) in [5, 5.41) is 10.4. The standard InChI is InChI=1S/C16H13BrN4O/c1-22-11-8-6-10(7-9-11)20-21-14-12-4-2-3-5-13(12)15(17)19-16(14)18/h2-9H,1H3,(H2,18,19). The smallest absolute Gasteiger partial charge is 0.153 e. The van der Waals surface area contributed by atoms with Crippen LogP contribution in [0.1, 0.15) is 0 Å². The molecule has 6 heteroatoms. The summed E-state index contributed by atoms with van der Waals surface area (Å²) in [6.45, 7) is 0. The second-order valence-corrected chi connectivity index (χ2v) is 5.33. The molecule has 0 unspecified atom stereocenters. The van der Waals surface area contributed by atoms with Gasteiger partial charge in [0.05, 0.1) is 12.8 Å². The number of methoxy groups -OCH3 is 1. The highest BCUT2D eigenvalue weighted by atomic mass is 79.9. The van der Waals surface area contributed by atoms with Gasteiger partial charge in [-0.15, -0.1) is 5.11 Å². The first-order valence-electron chi connectivity index (χ1n) is 6.58. The van der Waals surface area contributed by atoms with E-state index >= 15 is 0 Å². The topological polar surface area (TPSA) is 72.9 Å². The van der Waals surface area contributed by atoms with Crippen LogP contribution in [0, 0.1) is 0 Å². The SMILES string of the molecule is COc1ccc(N=Nc2c(N)nc(Br)c3ccccc23)cc1. The minimum Gasteiger partial charge on any atom is -0.497 e. The van der Waals surface area contributed by atoms with E-state index in [-0.39, 0.29) is 0 Å². The van der Waals surface area contributed by atoms with Crippen molar-refractivity contribution < 1.29 is 4.74 Å². The van der Waals surface area contributed by atoms with Crippen LogP contribution in [0.15, 0.2) is 63.4 Å². The van der Waals surface area contributed by atoms with Gasteiger partial charge in [-0.3, -0.25) is 0 Å². The molecule has 0 amide bonds. The lowest BCUT2D eigenvalue weighted by Crippen LogP contribution is -1.92. The molecule has 22 heavy (non-hydrogen) atoms. The Morgan fingerprint density at radius 1 is 1.00 bits per heavy atom. The lowest BCUT2D eigenvalue weighted by atomic mass is 10.1. The maximum atomic E-state index is 5.98. The second-order valence-electron chi connectivity index (χ2n) is 4.58. The molecule has 0 spiro atoms. The van der Waals surface area contributed by atoms with Crippen LogP contribution in [0.25, 0.3) is 10.8 Å². The zero-order chi connectivity index (χ0) is 15.5. The molecule has 0 saturated carbocycles. The molecular formula is C16H13BrN4O. The first-order chi connectivity index (χ1) is 10.7. The predicted molar refractivity (Wildman–Crippen MR) is 91.0 cm³/mol. The average molecular weight is 357 g/mol. The maximum Gasteiger partial charge on any atom is 0.153 e. The van der Waals surface area contributed by atoms with Crippen LogP contribution in [-0.2, 0) is 0 Å². The summed E-state index contributed by atoms with van der Waals surface area (Å²) in [5.41, 5.74) is 7.26. The van der Waals surface area contributed by atoms with E-state index in [2.05, 4.69) is 31.1 Å². The number of nitrogen functional groups attached to an aromatic ring is 1. The molecule has 1 heterocycles. The van der Waals surface area contributed by atoms with Gasteiger partial charge in [0.1, 0.15) is 16.0 Å². The monoisotopic (exact) mass is 356 g/mol. The van der Waals surface area contributed by atoms with Crippen LogP contribution < -0.4 is 10.5 Å². The number of pyridine rings is 1. The highest BCUT2D eigenvalue weighted by Gasteiger charge is 2.09. The molecule has 110 valence electrons. The molecule has 0 bridgehead atoms. The summed E-state index contributed by atoms with van der Waals surface area (Å²) in [6.07, 6.45) is 0. The van der Waals surface area contributed by atoms with Crippen molar-refractivity contribution in [2.45, 2.75) is 0 Å². The number of ether oxygens (including phenoxy) is 1. The minimum atomic E-state index is 0.336. The highest BCUT2D eigenvalue weighted by molar-refractivity contribution is 9.10. The van der Waals surface area contributed by atoms with E-state index in [1.54, 1.807) is 7.11 Å². The van der Waals surface area contributed by atoms with Crippen LogP contribution in [0.4, 0.5) is 17.2 Å². The van der Waals surface area contributed by atoms with Crippen molar-refractivity contribution in [2.75, 3.05) is 12.8 Å². The van der Waals surface area contributed by atoms with Gasteiger partial charge in [0.25, 0.3) is 0 Å². The van der Waals surface area contributed by atoms with E-state index in [4.69, 9.17) is 10.5 Å². The summed E-state index contributed by atoms with van der Waals surface area (Å²) in [5.74, 6) is 1.11. The van der Waals surface area contributed by atoms with Crippen molar-refractivity contribution in [2.24, 2.45) is 10.2 Å². The van der Waals surface area contributed by atoms with Crippen molar-refractivity contribution in [3.05, 3.63) is 53.1 Å². The number of halogens is 1. The summed E-state index contributed by atoms with van der Waals surface area (Å²) in [4.78, 5) is 4.26. The molecule has 0 aliphatic rings. The lowest BCUT2D eigenvalue weighted by Gasteiger charge is -2.06. The molecule has 0 atom stereocenters. The molecule has 0 saturated heterocycles. The molecule has 0 radical (unpaired) electrons. The second kappa shape index (κ2) is 6.11. The van der Waals surface area contributed by atoms with Gasteiger partial charge in [-0.2, -0.15) is 5.11 Å². The number of hydrogen-bond acceptors (Lipinski definition) is 5. The third-order valence-corrected chi connectivity index (χ3v) is 3.81. The number of hydrogen-bond donors (Lipinski definition) is 1. The Morgan fingerprint density at radius 2 is 1.68 bits per heavy atom. The van der Waals surface area contributed by atoms with Gasteiger partial charge < -0.3 is 10.5 Å². The Bertz CT molecular complexity index is 847. The first kappa shape index (κ1) is 14.5. The van der Waals surface area contributed by atoms with E-state index < -0.39 is 0 Å². The molecule has 3 aromatic rings. The van der Waals surface area contributed by atoms with Crippen LogP contribution >= 0.6 is 15.9 Å². The Kier molecular flexibility index (Phi) is 4.02. The summed E-state index contributed by atoms with van der Waals surface area (Å²) in [7, 11) is 1.62. The van der Waals surface area contributed by atoms with Crippen molar-refractivity contribution in [3.63, 3.8) is 0 Å². The Hall–Kier alpha value is -2.47. The quantitative estimate of drug-likeness (QED) is 0.529. The van der Waals surface area contributed by atoms with E-state index in [1.165, 1.54) is 0 Å². The fraction of sp³-hybridized carbons (Fsp3) is 0.0625. The number of benzene rings is 2. The molecule has 2 N–H and O–H groups in total. The number of azo groups is 1. The number of fused-ring (bicyclic) bond motifs is 1. The minimum absolute atomic E-state index is 0.336. The van der Waals surface area contributed by atoms with E-state index in [9.17, 15) is 0 Å². The van der Waals surface area contributed by atoms with Crippen molar-refractivity contribution >= 4 is 43.9 Å². The summed E-state index contributed by atoms with van der Waals surface area (Å²) >= 11 is 3.42. The van der Waals surface area contributed by atoms with E-state index in [0.717, 1.165) is 16.5 Å². The fourth-order valence-electron chi connectivity index (χ4n) is 2.09. The van der Waals surface area contributed by atoms with Gasteiger partial charge in [-0.1, -0.05) is 24.3 Å². The van der Waals surface area contributed by atoms with E-state index in [1.807, 2.05) is 48.5 Å². The molecule has 3 rings (SSSR count). The number of anilines is 1. The molecular weight excluding hydrogens is 344 g/mol. The first-order valence-corrected chi connectivity index (χ1v) is 7.38. The molecule has 2 aromatic carbocycles. The Labute approximate surface area is 136 Å². The number of nitrogens with zero attached hydrogens (tertiary/aromatic N) is 3. The molecule has 1 aromatic heterocycles. The predicted octanol–water partition coefficient (Wildman–Crippen LogP) is 5.00. The number of rotatable bonds is 3. The van der Waals surface area contributed by atoms with Crippen LogP contribution in [0.3, 0.4) is 0 Å². The third-order valence-electron chi connectivity index (χ3n) is 3.20. The Balaban J connectivity index is 2.04. The summed E-state index contributed by atoms with van der Waals surface area (Å²) < 4.78 is 5.81. The van der Waals surface area contributed by atoms with Gasteiger partial charge in [0.2, 0.25) is 0 Å². The molecule has 5 nitrogen and oxygen atoms in total. The summed E-state index contributed by atoms with van der Waals surface area (Å²) in [6, 6.07) is 15.1. The normalized spacial score (nSPS) is 11.2. The molecule has 0 fully saturated rings. The van der Waals surface area contributed by atoms with Crippen LogP contribution in [-0.4, -0.2) is 12.1 Å². The van der Waals surface area contributed by atoms with Crippen LogP contribution in [0.2, 0.25) is 0 Å². The largest absolute Gasteiger partial charge is 0.497 e. The third kappa shape index (κ3) is 2.78. The van der Waals surface area contributed by atoms with Gasteiger partial charge in [-0.25, -0.2) is 4.98 Å². The van der Waals surface area contributed by atoms with Gasteiger partial charge in [0.15, 0.2) is 5.82 Å². The lowest BCUT2D eigenvalue weighted by molar-refractivity contribution is 0.415. The number of nitrogens with two attached hydrogens (primary N) is 1. The maximum absolute atomic E-state index is 5.98. The fourth-order valence-corrected chi connectivity index (χ4v) is 2.62. The Morgan fingerprint density at radius 3 is 2.36 bits per heavy atom. The van der Waals surface area contributed by atoms with Crippen LogP contribution in [0.5, 0.6) is 5.75 Å². The zero-order valence-electron chi connectivity index (χ0n) is 11.8. The molecule has 0 aliphatic carbocycles. The number of aromatic nitrogens is 1. The zero-order valence-corrected chi connectivity index (χ0v) is 13.4. The average Bonchev–Trinajstić information content (AvgIpc) is 2.55. The van der Waals surface area contributed by atoms with Gasteiger partial charge in [-0.05, 0) is 40.2 Å². The van der Waals surface area contributed by atoms with Crippen molar-refractivity contribution in [1.82, 2.24) is 4.98 Å².